The monoisotopic (exact) mass is 327 g/mol. The SMILES string of the molecule is C=CCNC(=O)[C@H](C)OC(=O)c1c(C)nn(CC(C)C)c1Cl. The Hall–Kier alpha value is -1.82. The summed E-state index contributed by atoms with van der Waals surface area (Å²) in [4.78, 5) is 23.9. The van der Waals surface area contributed by atoms with E-state index in [0.717, 1.165) is 0 Å². The second kappa shape index (κ2) is 7.98. The Morgan fingerprint density at radius 3 is 2.64 bits per heavy atom. The van der Waals surface area contributed by atoms with Crippen LogP contribution in [-0.4, -0.2) is 34.3 Å². The number of carbonyl (C=O) groups excluding carboxylic acids is 2. The number of hydrogen-bond donors (Lipinski definition) is 1. The molecule has 0 saturated heterocycles. The molecule has 0 unspecified atom stereocenters. The van der Waals surface area contributed by atoms with Gasteiger partial charge in [-0.25, -0.2) is 4.79 Å². The van der Waals surface area contributed by atoms with Crippen molar-refractivity contribution in [3.63, 3.8) is 0 Å². The number of amides is 1. The van der Waals surface area contributed by atoms with Gasteiger partial charge in [0.05, 0.1) is 5.69 Å². The molecule has 22 heavy (non-hydrogen) atoms. The number of nitrogens with one attached hydrogen (secondary N) is 1. The number of carbonyl (C=O) groups is 2. The van der Waals surface area contributed by atoms with E-state index in [9.17, 15) is 9.59 Å². The highest BCUT2D eigenvalue weighted by molar-refractivity contribution is 6.32. The van der Waals surface area contributed by atoms with Gasteiger partial charge in [-0.3, -0.25) is 9.48 Å². The van der Waals surface area contributed by atoms with Crippen molar-refractivity contribution in [3.05, 3.63) is 29.1 Å². The molecule has 7 heteroatoms. The first-order chi connectivity index (χ1) is 10.3. The van der Waals surface area contributed by atoms with Crippen LogP contribution in [0.15, 0.2) is 12.7 Å². The fraction of sp³-hybridized carbons (Fsp3) is 0.533. The van der Waals surface area contributed by atoms with E-state index in [4.69, 9.17) is 16.3 Å². The second-order valence-electron chi connectivity index (χ2n) is 5.41. The van der Waals surface area contributed by atoms with Crippen LogP contribution < -0.4 is 5.32 Å². The molecular formula is C15H22ClN3O3. The third kappa shape index (κ3) is 4.59. The Balaban J connectivity index is 2.83. The molecule has 122 valence electrons. The Kier molecular flexibility index (Phi) is 6.61. The van der Waals surface area contributed by atoms with Gasteiger partial charge >= 0.3 is 5.97 Å². The van der Waals surface area contributed by atoms with Crippen LogP contribution >= 0.6 is 11.6 Å². The minimum atomic E-state index is -0.920. The van der Waals surface area contributed by atoms with Crippen LogP contribution in [0.2, 0.25) is 5.15 Å². The molecule has 1 heterocycles. The topological polar surface area (TPSA) is 73.2 Å². The van der Waals surface area contributed by atoms with E-state index < -0.39 is 18.0 Å². The number of aryl methyl sites for hydroxylation is 1. The van der Waals surface area contributed by atoms with E-state index >= 15 is 0 Å². The van der Waals surface area contributed by atoms with Crippen molar-refractivity contribution in [2.75, 3.05) is 6.54 Å². The summed E-state index contributed by atoms with van der Waals surface area (Å²) in [6.07, 6.45) is 0.625. The summed E-state index contributed by atoms with van der Waals surface area (Å²) in [5, 5.41) is 7.04. The molecule has 0 spiro atoms. The minimum Gasteiger partial charge on any atom is -0.449 e. The summed E-state index contributed by atoms with van der Waals surface area (Å²) in [6, 6.07) is 0. The Labute approximate surface area is 135 Å². The Bertz CT molecular complexity index is 567. The summed E-state index contributed by atoms with van der Waals surface area (Å²) in [6.45, 7) is 11.6. The van der Waals surface area contributed by atoms with Gasteiger partial charge in [-0.2, -0.15) is 5.10 Å². The van der Waals surface area contributed by atoms with Crippen LogP contribution in [0.1, 0.15) is 36.8 Å². The van der Waals surface area contributed by atoms with Crippen molar-refractivity contribution in [3.8, 4) is 0 Å². The predicted octanol–water partition coefficient (Wildman–Crippen LogP) is 2.35. The number of hydrogen-bond acceptors (Lipinski definition) is 4. The molecule has 1 amide bonds. The van der Waals surface area contributed by atoms with E-state index in [1.54, 1.807) is 17.7 Å². The molecule has 1 aromatic heterocycles. The molecule has 1 aromatic rings. The van der Waals surface area contributed by atoms with Gasteiger partial charge in [0.1, 0.15) is 10.7 Å². The van der Waals surface area contributed by atoms with Gasteiger partial charge in [-0.1, -0.05) is 31.5 Å². The maximum absolute atomic E-state index is 12.2. The predicted molar refractivity (Wildman–Crippen MR) is 84.9 cm³/mol. The van der Waals surface area contributed by atoms with Gasteiger partial charge in [0.25, 0.3) is 5.91 Å². The average Bonchev–Trinajstić information content (AvgIpc) is 2.69. The van der Waals surface area contributed by atoms with Crippen LogP contribution in [0.4, 0.5) is 0 Å². The van der Waals surface area contributed by atoms with Gasteiger partial charge < -0.3 is 10.1 Å². The second-order valence-corrected chi connectivity index (χ2v) is 5.77. The summed E-state index contributed by atoms with van der Waals surface area (Å²) in [7, 11) is 0. The first-order valence-electron chi connectivity index (χ1n) is 7.10. The lowest BCUT2D eigenvalue weighted by molar-refractivity contribution is -0.128. The number of nitrogens with zero attached hydrogens (tertiary/aromatic N) is 2. The lowest BCUT2D eigenvalue weighted by atomic mass is 10.2. The number of halogens is 1. The summed E-state index contributed by atoms with van der Waals surface area (Å²) in [5.74, 6) is -0.709. The van der Waals surface area contributed by atoms with E-state index in [1.165, 1.54) is 6.92 Å². The molecule has 0 bridgehead atoms. The summed E-state index contributed by atoms with van der Waals surface area (Å²) < 4.78 is 6.72. The van der Waals surface area contributed by atoms with Crippen LogP contribution in [0, 0.1) is 12.8 Å². The Morgan fingerprint density at radius 1 is 1.45 bits per heavy atom. The van der Waals surface area contributed by atoms with Gasteiger partial charge in [-0.15, -0.1) is 6.58 Å². The van der Waals surface area contributed by atoms with Crippen LogP contribution in [-0.2, 0) is 16.1 Å². The van der Waals surface area contributed by atoms with Gasteiger partial charge in [0.15, 0.2) is 6.10 Å². The first-order valence-corrected chi connectivity index (χ1v) is 7.48. The standard InChI is InChI=1S/C15H22ClN3O3/c1-6-7-17-14(20)11(5)22-15(21)12-10(4)18-19(13(12)16)8-9(2)3/h6,9,11H,1,7-8H2,2-5H3,(H,17,20)/t11-/m0/s1. The summed E-state index contributed by atoms with van der Waals surface area (Å²) in [5.41, 5.74) is 0.681. The molecule has 0 aliphatic carbocycles. The molecule has 1 atom stereocenters. The highest BCUT2D eigenvalue weighted by Gasteiger charge is 2.25. The normalized spacial score (nSPS) is 12.1. The maximum Gasteiger partial charge on any atom is 0.343 e. The lowest BCUT2D eigenvalue weighted by Gasteiger charge is -2.12. The van der Waals surface area contributed by atoms with Gasteiger partial charge in [0.2, 0.25) is 0 Å². The van der Waals surface area contributed by atoms with E-state index in [1.807, 2.05) is 13.8 Å². The third-order valence-corrected chi connectivity index (χ3v) is 3.27. The third-order valence-electron chi connectivity index (χ3n) is 2.88. The highest BCUT2D eigenvalue weighted by Crippen LogP contribution is 2.22. The Morgan fingerprint density at radius 2 is 2.09 bits per heavy atom. The zero-order valence-corrected chi connectivity index (χ0v) is 14.1. The zero-order valence-electron chi connectivity index (χ0n) is 13.4. The van der Waals surface area contributed by atoms with Gasteiger partial charge in [0, 0.05) is 13.1 Å². The van der Waals surface area contributed by atoms with Crippen LogP contribution in [0.5, 0.6) is 0 Å². The highest BCUT2D eigenvalue weighted by atomic mass is 35.5. The molecule has 0 aromatic carbocycles. The van der Waals surface area contributed by atoms with Crippen LogP contribution in [0.3, 0.4) is 0 Å². The van der Waals surface area contributed by atoms with Crippen molar-refractivity contribution in [1.29, 1.82) is 0 Å². The molecule has 0 radical (unpaired) electrons. The maximum atomic E-state index is 12.2. The zero-order chi connectivity index (χ0) is 16.9. The molecule has 0 aliphatic rings. The van der Waals surface area contributed by atoms with Crippen molar-refractivity contribution < 1.29 is 14.3 Å². The molecule has 0 fully saturated rings. The summed E-state index contributed by atoms with van der Waals surface area (Å²) >= 11 is 6.20. The number of esters is 1. The molecule has 1 N–H and O–H groups in total. The van der Waals surface area contributed by atoms with Crippen molar-refractivity contribution in [1.82, 2.24) is 15.1 Å². The van der Waals surface area contributed by atoms with Crippen molar-refractivity contribution in [2.24, 2.45) is 5.92 Å². The largest absolute Gasteiger partial charge is 0.449 e. The van der Waals surface area contributed by atoms with Crippen molar-refractivity contribution in [2.45, 2.75) is 40.3 Å². The fourth-order valence-electron chi connectivity index (χ4n) is 1.84. The molecule has 1 rings (SSSR count). The van der Waals surface area contributed by atoms with E-state index in [0.29, 0.717) is 24.7 Å². The minimum absolute atomic E-state index is 0.200. The number of aromatic nitrogens is 2. The number of ether oxygens (including phenoxy) is 1. The molecular weight excluding hydrogens is 306 g/mol. The lowest BCUT2D eigenvalue weighted by Crippen LogP contribution is -2.35. The van der Waals surface area contributed by atoms with E-state index in [-0.39, 0.29) is 10.7 Å². The van der Waals surface area contributed by atoms with Gasteiger partial charge in [-0.05, 0) is 19.8 Å². The number of rotatable bonds is 7. The fourth-order valence-corrected chi connectivity index (χ4v) is 2.16. The molecule has 6 nitrogen and oxygen atoms in total. The molecule has 0 aliphatic heterocycles. The van der Waals surface area contributed by atoms with Crippen LogP contribution in [0.25, 0.3) is 0 Å². The van der Waals surface area contributed by atoms with E-state index in [2.05, 4.69) is 17.0 Å². The molecule has 0 saturated carbocycles. The quantitative estimate of drug-likeness (QED) is 0.616. The smallest absolute Gasteiger partial charge is 0.343 e. The average molecular weight is 328 g/mol. The first kappa shape index (κ1) is 18.2. The van der Waals surface area contributed by atoms with Crippen molar-refractivity contribution >= 4 is 23.5 Å².